The van der Waals surface area contributed by atoms with Crippen LogP contribution in [0.4, 0.5) is 11.4 Å². The van der Waals surface area contributed by atoms with E-state index >= 15 is 0 Å². The molecule has 0 atom stereocenters. The quantitative estimate of drug-likeness (QED) is 0.678. The Balaban J connectivity index is 1.90. The van der Waals surface area contributed by atoms with E-state index in [0.29, 0.717) is 12.2 Å². The molecule has 0 saturated heterocycles. The summed E-state index contributed by atoms with van der Waals surface area (Å²) in [6.45, 7) is 0.559. The summed E-state index contributed by atoms with van der Waals surface area (Å²) in [5.74, 6) is 0.0365. The molecule has 0 radical (unpaired) electrons. The van der Waals surface area contributed by atoms with E-state index in [-0.39, 0.29) is 5.91 Å². The molecule has 0 aliphatic carbocycles. The third kappa shape index (κ3) is 1.86. The van der Waals surface area contributed by atoms with Gasteiger partial charge in [0.25, 0.3) is 5.91 Å². The van der Waals surface area contributed by atoms with Gasteiger partial charge in [0, 0.05) is 23.7 Å². The van der Waals surface area contributed by atoms with Crippen LogP contribution in [0.3, 0.4) is 0 Å². The van der Waals surface area contributed by atoms with Crippen molar-refractivity contribution in [3.63, 3.8) is 0 Å². The number of benzene rings is 3. The molecule has 0 aromatic heterocycles. The van der Waals surface area contributed by atoms with Crippen LogP contribution in [0.25, 0.3) is 10.8 Å². The summed E-state index contributed by atoms with van der Waals surface area (Å²) in [4.78, 5) is 16.9. The van der Waals surface area contributed by atoms with Crippen molar-refractivity contribution < 1.29 is 4.79 Å². The maximum Gasteiger partial charge on any atom is 0.259 e. The molecular weight excluding hydrogens is 272 g/mol. The van der Waals surface area contributed by atoms with Crippen LogP contribution in [0, 0.1) is 0 Å². The smallest absolute Gasteiger partial charge is 0.259 e. The summed E-state index contributed by atoms with van der Waals surface area (Å²) in [6.07, 6.45) is 0. The van der Waals surface area contributed by atoms with Gasteiger partial charge in [-0.05, 0) is 29.7 Å². The highest BCUT2D eigenvalue weighted by atomic mass is 16.2. The standard InChI is InChI=1S/C19H16N2O/c1-20-13-21(19(22)15-7-3-2-4-8-15)17-12-6-10-14-9-5-11-16(20)18(14)17/h2-12H,13H2,1H3. The molecule has 0 fully saturated rings. The molecule has 3 nitrogen and oxygen atoms in total. The molecule has 0 unspecified atom stereocenters. The number of rotatable bonds is 1. The van der Waals surface area contributed by atoms with Crippen molar-refractivity contribution in [3.8, 4) is 0 Å². The van der Waals surface area contributed by atoms with Crippen molar-refractivity contribution in [2.45, 2.75) is 0 Å². The second-order valence-electron chi connectivity index (χ2n) is 5.59. The summed E-state index contributed by atoms with van der Waals surface area (Å²) in [5.41, 5.74) is 2.87. The van der Waals surface area contributed by atoms with Crippen molar-refractivity contribution >= 4 is 28.1 Å². The summed E-state index contributed by atoms with van der Waals surface area (Å²) in [6, 6.07) is 21.8. The molecular formula is C19H16N2O. The van der Waals surface area contributed by atoms with Crippen molar-refractivity contribution in [1.82, 2.24) is 0 Å². The van der Waals surface area contributed by atoms with E-state index in [9.17, 15) is 4.79 Å². The monoisotopic (exact) mass is 288 g/mol. The van der Waals surface area contributed by atoms with E-state index in [1.165, 1.54) is 5.69 Å². The molecule has 1 amide bonds. The third-order valence-corrected chi connectivity index (χ3v) is 4.18. The normalized spacial score (nSPS) is 13.5. The molecule has 1 aliphatic rings. The van der Waals surface area contributed by atoms with Crippen LogP contribution in [0.1, 0.15) is 10.4 Å². The van der Waals surface area contributed by atoms with Crippen LogP contribution < -0.4 is 9.80 Å². The second kappa shape index (κ2) is 4.88. The Kier molecular flexibility index (Phi) is 2.86. The topological polar surface area (TPSA) is 23.6 Å². The molecule has 0 bridgehead atoms. The molecule has 1 aliphatic heterocycles. The Morgan fingerprint density at radius 3 is 2.27 bits per heavy atom. The molecule has 0 saturated carbocycles. The van der Waals surface area contributed by atoms with Crippen LogP contribution >= 0.6 is 0 Å². The maximum absolute atomic E-state index is 12.9. The zero-order valence-electron chi connectivity index (χ0n) is 12.4. The van der Waals surface area contributed by atoms with Gasteiger partial charge in [0.05, 0.1) is 12.4 Å². The Hall–Kier alpha value is -2.81. The Morgan fingerprint density at radius 2 is 1.55 bits per heavy atom. The van der Waals surface area contributed by atoms with Crippen LogP contribution in [0.2, 0.25) is 0 Å². The van der Waals surface area contributed by atoms with Crippen molar-refractivity contribution in [2.24, 2.45) is 0 Å². The predicted octanol–water partition coefficient (Wildman–Crippen LogP) is 3.89. The van der Waals surface area contributed by atoms with Gasteiger partial charge >= 0.3 is 0 Å². The molecule has 0 spiro atoms. The van der Waals surface area contributed by atoms with Crippen molar-refractivity contribution in [3.05, 3.63) is 72.3 Å². The van der Waals surface area contributed by atoms with E-state index in [1.54, 1.807) is 0 Å². The van der Waals surface area contributed by atoms with E-state index in [1.807, 2.05) is 54.4 Å². The molecule has 1 heterocycles. The van der Waals surface area contributed by atoms with Crippen LogP contribution in [0.5, 0.6) is 0 Å². The summed E-state index contributed by atoms with van der Waals surface area (Å²) in [7, 11) is 2.02. The van der Waals surface area contributed by atoms with Crippen LogP contribution in [0.15, 0.2) is 66.7 Å². The highest BCUT2D eigenvalue weighted by Crippen LogP contribution is 2.38. The van der Waals surface area contributed by atoms with E-state index in [2.05, 4.69) is 29.2 Å². The first-order chi connectivity index (χ1) is 10.8. The molecule has 0 N–H and O–H groups in total. The number of amides is 1. The average Bonchev–Trinajstić information content (AvgIpc) is 2.58. The molecule has 4 rings (SSSR count). The van der Waals surface area contributed by atoms with Crippen LogP contribution in [-0.2, 0) is 0 Å². The van der Waals surface area contributed by atoms with Gasteiger partial charge in [-0.25, -0.2) is 0 Å². The van der Waals surface area contributed by atoms with E-state index in [4.69, 9.17) is 0 Å². The predicted molar refractivity (Wildman–Crippen MR) is 90.5 cm³/mol. The minimum Gasteiger partial charge on any atom is -0.356 e. The SMILES string of the molecule is CN1CN(C(=O)c2ccccc2)c2cccc3cccc1c23. The van der Waals surface area contributed by atoms with Gasteiger partial charge in [-0.15, -0.1) is 0 Å². The van der Waals surface area contributed by atoms with Crippen molar-refractivity contribution in [2.75, 3.05) is 23.5 Å². The first kappa shape index (κ1) is 12.9. The minimum absolute atomic E-state index is 0.0365. The zero-order valence-corrected chi connectivity index (χ0v) is 12.4. The number of hydrogen-bond donors (Lipinski definition) is 0. The molecule has 3 heteroatoms. The lowest BCUT2D eigenvalue weighted by atomic mass is 10.0. The summed E-state index contributed by atoms with van der Waals surface area (Å²) < 4.78 is 0. The number of carbonyl (C=O) groups is 1. The zero-order chi connectivity index (χ0) is 15.1. The van der Waals surface area contributed by atoms with Gasteiger partial charge in [-0.3, -0.25) is 9.69 Å². The van der Waals surface area contributed by atoms with Crippen molar-refractivity contribution in [1.29, 1.82) is 0 Å². The van der Waals surface area contributed by atoms with Gasteiger partial charge < -0.3 is 4.90 Å². The fourth-order valence-corrected chi connectivity index (χ4v) is 3.12. The van der Waals surface area contributed by atoms with Gasteiger partial charge in [0.2, 0.25) is 0 Å². The van der Waals surface area contributed by atoms with Crippen LogP contribution in [-0.4, -0.2) is 19.6 Å². The Labute approximate surface area is 129 Å². The highest BCUT2D eigenvalue weighted by molar-refractivity contribution is 6.15. The third-order valence-electron chi connectivity index (χ3n) is 4.18. The van der Waals surface area contributed by atoms with E-state index in [0.717, 1.165) is 16.5 Å². The number of hydrogen-bond acceptors (Lipinski definition) is 2. The summed E-state index contributed by atoms with van der Waals surface area (Å²) in [5, 5.41) is 2.30. The lowest BCUT2D eigenvalue weighted by Crippen LogP contribution is -2.42. The van der Waals surface area contributed by atoms with Gasteiger partial charge in [0.1, 0.15) is 0 Å². The number of nitrogens with zero attached hydrogens (tertiary/aromatic N) is 2. The second-order valence-corrected chi connectivity index (χ2v) is 5.59. The average molecular weight is 288 g/mol. The number of anilines is 2. The fraction of sp³-hybridized carbons (Fsp3) is 0.105. The molecule has 108 valence electrons. The molecule has 3 aromatic carbocycles. The maximum atomic E-state index is 12.9. The van der Waals surface area contributed by atoms with Gasteiger partial charge in [-0.2, -0.15) is 0 Å². The van der Waals surface area contributed by atoms with Gasteiger partial charge in [0.15, 0.2) is 0 Å². The lowest BCUT2D eigenvalue weighted by Gasteiger charge is -2.36. The largest absolute Gasteiger partial charge is 0.356 e. The first-order valence-electron chi connectivity index (χ1n) is 7.35. The highest BCUT2D eigenvalue weighted by Gasteiger charge is 2.26. The molecule has 3 aromatic rings. The van der Waals surface area contributed by atoms with Gasteiger partial charge in [-0.1, -0.05) is 42.5 Å². The number of carbonyl (C=O) groups excluding carboxylic acids is 1. The summed E-state index contributed by atoms with van der Waals surface area (Å²) >= 11 is 0. The Bertz CT molecular complexity index is 852. The fourth-order valence-electron chi connectivity index (χ4n) is 3.12. The minimum atomic E-state index is 0.0365. The Morgan fingerprint density at radius 1 is 0.864 bits per heavy atom. The lowest BCUT2D eigenvalue weighted by molar-refractivity contribution is 0.0987. The van der Waals surface area contributed by atoms with E-state index < -0.39 is 0 Å². The molecule has 22 heavy (non-hydrogen) atoms. The first-order valence-corrected chi connectivity index (χ1v) is 7.35.